The minimum Gasteiger partial charge on any atom is -0.493 e. The number of anilines is 1. The van der Waals surface area contributed by atoms with Crippen molar-refractivity contribution in [2.75, 3.05) is 39.4 Å². The molecule has 2 unspecified atom stereocenters. The molecule has 1 aliphatic heterocycles. The van der Waals surface area contributed by atoms with Crippen LogP contribution in [0.3, 0.4) is 0 Å². The molecule has 1 aliphatic rings. The smallest absolute Gasteiger partial charge is 0.227 e. The summed E-state index contributed by atoms with van der Waals surface area (Å²) in [6.45, 7) is 2.87. The number of carbonyl (C=O) groups is 2. The van der Waals surface area contributed by atoms with Crippen LogP contribution in [0.5, 0.6) is 11.5 Å². The third-order valence-corrected chi connectivity index (χ3v) is 4.32. The van der Waals surface area contributed by atoms with Gasteiger partial charge in [-0.3, -0.25) is 9.59 Å². The molecule has 1 aromatic carbocycles. The monoisotopic (exact) mass is 350 g/mol. The molecule has 1 aromatic rings. The Kier molecular flexibility index (Phi) is 6.64. The highest BCUT2D eigenvalue weighted by atomic mass is 16.5. The quantitative estimate of drug-likeness (QED) is 0.771. The predicted octanol–water partition coefficient (Wildman–Crippen LogP) is 1.60. The van der Waals surface area contributed by atoms with Crippen molar-refractivity contribution in [3.05, 3.63) is 18.2 Å². The molecule has 1 N–H and O–H groups in total. The lowest BCUT2D eigenvalue weighted by Gasteiger charge is -2.19. The minimum atomic E-state index is -0.356. The van der Waals surface area contributed by atoms with Crippen LogP contribution in [0.25, 0.3) is 0 Å². The number of hydrogen-bond acceptors (Lipinski definition) is 5. The number of hydrogen-bond donors (Lipinski definition) is 1. The van der Waals surface area contributed by atoms with E-state index in [1.165, 1.54) is 0 Å². The zero-order chi connectivity index (χ0) is 18.4. The lowest BCUT2D eigenvalue weighted by molar-refractivity contribution is -0.126. The van der Waals surface area contributed by atoms with Crippen LogP contribution in [0.15, 0.2) is 18.2 Å². The average Bonchev–Trinajstić information content (AvgIpc) is 3.01. The van der Waals surface area contributed by atoms with Crippen molar-refractivity contribution >= 4 is 17.5 Å². The largest absolute Gasteiger partial charge is 0.493 e. The van der Waals surface area contributed by atoms with Gasteiger partial charge in [-0.2, -0.15) is 0 Å². The number of amides is 2. The summed E-state index contributed by atoms with van der Waals surface area (Å²) in [5.41, 5.74) is 0.699. The first-order chi connectivity index (χ1) is 12.0. The Labute approximate surface area is 148 Å². The Balaban J connectivity index is 2.03. The summed E-state index contributed by atoms with van der Waals surface area (Å²) in [6, 6.07) is 5.30. The maximum atomic E-state index is 12.4. The molecular weight excluding hydrogens is 324 g/mol. The molecule has 7 nitrogen and oxygen atoms in total. The summed E-state index contributed by atoms with van der Waals surface area (Å²) in [4.78, 5) is 26.4. The van der Waals surface area contributed by atoms with Gasteiger partial charge in [-0.05, 0) is 25.5 Å². The number of methoxy groups -OCH3 is 3. The van der Waals surface area contributed by atoms with E-state index in [0.29, 0.717) is 30.3 Å². The summed E-state index contributed by atoms with van der Waals surface area (Å²) in [5.74, 6) is 0.621. The van der Waals surface area contributed by atoms with Crippen molar-refractivity contribution in [1.82, 2.24) is 5.32 Å². The molecule has 0 spiro atoms. The minimum absolute atomic E-state index is 0.0117. The number of nitrogens with one attached hydrogen (secondary N) is 1. The molecule has 1 fully saturated rings. The van der Waals surface area contributed by atoms with Gasteiger partial charge in [0.25, 0.3) is 0 Å². The van der Waals surface area contributed by atoms with E-state index in [4.69, 9.17) is 14.2 Å². The summed E-state index contributed by atoms with van der Waals surface area (Å²) in [6.07, 6.45) is 0.944. The van der Waals surface area contributed by atoms with E-state index < -0.39 is 0 Å². The van der Waals surface area contributed by atoms with E-state index in [-0.39, 0.29) is 30.2 Å². The van der Waals surface area contributed by atoms with Crippen LogP contribution in [0.4, 0.5) is 5.69 Å². The maximum Gasteiger partial charge on any atom is 0.227 e. The second-order valence-corrected chi connectivity index (χ2v) is 6.14. The lowest BCUT2D eigenvalue weighted by Crippen LogP contribution is -2.38. The van der Waals surface area contributed by atoms with Gasteiger partial charge < -0.3 is 24.4 Å². The van der Waals surface area contributed by atoms with E-state index >= 15 is 0 Å². The van der Waals surface area contributed by atoms with Gasteiger partial charge in [-0.25, -0.2) is 0 Å². The number of ether oxygens (including phenoxy) is 3. The summed E-state index contributed by atoms with van der Waals surface area (Å²) in [5, 5.41) is 2.95. The molecule has 0 aliphatic carbocycles. The van der Waals surface area contributed by atoms with Crippen LogP contribution < -0.4 is 19.7 Å². The van der Waals surface area contributed by atoms with Crippen molar-refractivity contribution in [3.8, 4) is 11.5 Å². The van der Waals surface area contributed by atoms with E-state index in [1.54, 1.807) is 44.4 Å². The Morgan fingerprint density at radius 1 is 1.28 bits per heavy atom. The topological polar surface area (TPSA) is 77.1 Å². The fraction of sp³-hybridized carbons (Fsp3) is 0.556. The van der Waals surface area contributed by atoms with Gasteiger partial charge in [-0.1, -0.05) is 0 Å². The SMILES string of the molecule is COCCC(C)NC(=O)C1CC(=O)N(c2ccc(OC)c(OC)c2)C1. The van der Waals surface area contributed by atoms with Gasteiger partial charge in [0.05, 0.1) is 20.1 Å². The Morgan fingerprint density at radius 3 is 2.64 bits per heavy atom. The van der Waals surface area contributed by atoms with Crippen LogP contribution in [-0.4, -0.2) is 52.3 Å². The normalized spacial score (nSPS) is 18.2. The molecule has 138 valence electrons. The van der Waals surface area contributed by atoms with Crippen LogP contribution in [0, 0.1) is 5.92 Å². The Hall–Kier alpha value is -2.28. The maximum absolute atomic E-state index is 12.4. The van der Waals surface area contributed by atoms with Crippen LogP contribution in [-0.2, 0) is 14.3 Å². The predicted molar refractivity (Wildman–Crippen MR) is 94.1 cm³/mol. The molecule has 25 heavy (non-hydrogen) atoms. The molecule has 2 amide bonds. The molecule has 2 rings (SSSR count). The number of carbonyl (C=O) groups excluding carboxylic acids is 2. The molecule has 0 bridgehead atoms. The van der Waals surface area contributed by atoms with Gasteiger partial charge in [-0.15, -0.1) is 0 Å². The average molecular weight is 350 g/mol. The first kappa shape index (κ1) is 19.1. The molecule has 0 radical (unpaired) electrons. The number of nitrogens with zero attached hydrogens (tertiary/aromatic N) is 1. The summed E-state index contributed by atoms with van der Waals surface area (Å²) in [7, 11) is 4.74. The third kappa shape index (κ3) is 4.63. The first-order valence-corrected chi connectivity index (χ1v) is 8.31. The fourth-order valence-electron chi connectivity index (χ4n) is 2.85. The zero-order valence-corrected chi connectivity index (χ0v) is 15.2. The molecule has 0 saturated carbocycles. The zero-order valence-electron chi connectivity index (χ0n) is 15.2. The van der Waals surface area contributed by atoms with Crippen molar-refractivity contribution in [1.29, 1.82) is 0 Å². The second kappa shape index (κ2) is 8.71. The highest BCUT2D eigenvalue weighted by Crippen LogP contribution is 2.34. The Bertz CT molecular complexity index is 619. The molecule has 1 heterocycles. The summed E-state index contributed by atoms with van der Waals surface area (Å²) >= 11 is 0. The van der Waals surface area contributed by atoms with E-state index in [9.17, 15) is 9.59 Å². The highest BCUT2D eigenvalue weighted by molar-refractivity contribution is 6.00. The third-order valence-electron chi connectivity index (χ3n) is 4.32. The van der Waals surface area contributed by atoms with Crippen molar-refractivity contribution in [2.24, 2.45) is 5.92 Å². The van der Waals surface area contributed by atoms with Crippen molar-refractivity contribution in [3.63, 3.8) is 0 Å². The van der Waals surface area contributed by atoms with E-state index in [1.807, 2.05) is 6.92 Å². The van der Waals surface area contributed by atoms with Gasteiger partial charge in [0.1, 0.15) is 0 Å². The van der Waals surface area contributed by atoms with Gasteiger partial charge in [0.2, 0.25) is 11.8 Å². The fourth-order valence-corrected chi connectivity index (χ4v) is 2.85. The van der Waals surface area contributed by atoms with Crippen LogP contribution in [0.2, 0.25) is 0 Å². The molecule has 0 aromatic heterocycles. The Morgan fingerprint density at radius 2 is 2.00 bits per heavy atom. The lowest BCUT2D eigenvalue weighted by atomic mass is 10.1. The molecule has 7 heteroatoms. The highest BCUT2D eigenvalue weighted by Gasteiger charge is 2.35. The van der Waals surface area contributed by atoms with E-state index in [0.717, 1.165) is 6.42 Å². The van der Waals surface area contributed by atoms with Crippen LogP contribution in [0.1, 0.15) is 19.8 Å². The molecule has 1 saturated heterocycles. The van der Waals surface area contributed by atoms with Gasteiger partial charge >= 0.3 is 0 Å². The first-order valence-electron chi connectivity index (χ1n) is 8.31. The van der Waals surface area contributed by atoms with Crippen molar-refractivity contribution in [2.45, 2.75) is 25.8 Å². The van der Waals surface area contributed by atoms with Gasteiger partial charge in [0.15, 0.2) is 11.5 Å². The second-order valence-electron chi connectivity index (χ2n) is 6.14. The number of rotatable bonds is 8. The summed E-state index contributed by atoms with van der Waals surface area (Å²) < 4.78 is 15.5. The van der Waals surface area contributed by atoms with E-state index in [2.05, 4.69) is 5.32 Å². The van der Waals surface area contributed by atoms with Gasteiger partial charge in [0, 0.05) is 44.5 Å². The molecular formula is C18H26N2O5. The van der Waals surface area contributed by atoms with Crippen molar-refractivity contribution < 1.29 is 23.8 Å². The van der Waals surface area contributed by atoms with Crippen LogP contribution >= 0.6 is 0 Å². The number of benzene rings is 1. The standard InChI is InChI=1S/C18H26N2O5/c1-12(7-8-23-2)19-18(22)13-9-17(21)20(11-13)14-5-6-15(24-3)16(10-14)25-4/h5-6,10,12-13H,7-9,11H2,1-4H3,(H,19,22). The molecule has 2 atom stereocenters.